The number of aliphatic hydroxyl groups excluding tert-OH is 18. The molecular weight excluding hydrogens is 1070 g/mol. The second-order valence-electron chi connectivity index (χ2n) is 19.6. The molecule has 0 unspecified atom stereocenters. The zero-order valence-corrected chi connectivity index (χ0v) is 42.1. The van der Waals surface area contributed by atoms with Crippen molar-refractivity contribution in [2.75, 3.05) is 79.3 Å². The molecule has 30 atom stereocenters. The molecule has 0 aromatic carbocycles. The molecule has 0 aromatic heterocycles. The first kappa shape index (κ1) is 64.2. The maximum atomic E-state index is 12.0. The Kier molecular flexibility index (Phi) is 24.7. The SMILES string of the molecule is OCCCO[C@@H]1[C@@H](O)[C@H]2O[C@@H]3[C@H](OCCCO)[C@@H](O)[C@@H](O[C@@H]4[C@H](OCCCO)[C@@H](O)[C@@H](O[C@H]5[C@H](O)[C@@H](O)[C@@H](O[C@H]6[C@H](O)[C@@H](O)[C@@H](O[C@H]7[C@H](O)[C@@H](O)[C@@H](O[C@H]1[C@@H](CO)O2)O[C@@H]7CO)O[C@@H]6CO)O[C@@H]5CO)O[C@@H]4CO)O[C@@H]3CO. The summed E-state index contributed by atoms with van der Waals surface area (Å²) in [5.74, 6) is 0. The Labute approximate surface area is 445 Å². The fourth-order valence-corrected chi connectivity index (χ4v) is 10.3. The first-order chi connectivity index (χ1) is 37.5. The van der Waals surface area contributed by atoms with Gasteiger partial charge in [-0.05, 0) is 19.3 Å². The molecule has 22 heterocycles. The van der Waals surface area contributed by atoms with Gasteiger partial charge in [0.1, 0.15) is 146 Å². The number of ether oxygens (including phenoxy) is 15. The molecule has 22 rings (SSSR count). The Morgan fingerprint density at radius 1 is 0.231 bits per heavy atom. The highest BCUT2D eigenvalue weighted by Crippen LogP contribution is 2.39. The van der Waals surface area contributed by atoms with Crippen LogP contribution in [0.15, 0.2) is 0 Å². The minimum absolute atomic E-state index is 0.0149. The van der Waals surface area contributed by atoms with Gasteiger partial charge in [0.15, 0.2) is 37.7 Å². The normalized spacial score (nSPS) is 48.7. The predicted octanol–water partition coefficient (Wildman–Crippen LogP) is -11.8. The molecule has 33 heteroatoms. The van der Waals surface area contributed by atoms with Gasteiger partial charge in [0.25, 0.3) is 0 Å². The highest BCUT2D eigenvalue weighted by molar-refractivity contribution is 5.02. The largest absolute Gasteiger partial charge is 0.396 e. The van der Waals surface area contributed by atoms with Crippen LogP contribution in [0.5, 0.6) is 0 Å². The molecule has 0 amide bonds. The summed E-state index contributed by atoms with van der Waals surface area (Å²) in [4.78, 5) is 0. The van der Waals surface area contributed by atoms with Crippen LogP contribution >= 0.6 is 0 Å². The second-order valence-corrected chi connectivity index (χ2v) is 19.6. The van der Waals surface area contributed by atoms with Crippen LogP contribution in [0.3, 0.4) is 0 Å². The topological polar surface area (TPSA) is 503 Å². The van der Waals surface area contributed by atoms with E-state index < -0.39 is 244 Å². The maximum Gasteiger partial charge on any atom is 0.187 e. The average Bonchev–Trinajstić information content (AvgIpc) is 3.47. The third kappa shape index (κ3) is 14.1. The van der Waals surface area contributed by atoms with E-state index in [9.17, 15) is 91.9 Å². The van der Waals surface area contributed by atoms with E-state index in [2.05, 4.69) is 0 Å². The van der Waals surface area contributed by atoms with E-state index in [1.807, 2.05) is 0 Å². The van der Waals surface area contributed by atoms with Crippen LogP contribution < -0.4 is 0 Å². The monoisotopic (exact) mass is 1150 g/mol. The van der Waals surface area contributed by atoms with E-state index in [4.69, 9.17) is 71.1 Å². The smallest absolute Gasteiger partial charge is 0.187 e. The Bertz CT molecular complexity index is 1720. The van der Waals surface area contributed by atoms with Gasteiger partial charge in [0.2, 0.25) is 0 Å². The average molecular weight is 1150 g/mol. The third-order valence-electron chi connectivity index (χ3n) is 14.4. The highest BCUT2D eigenvalue weighted by Gasteiger charge is 2.59. The van der Waals surface area contributed by atoms with E-state index in [0.29, 0.717) is 0 Å². The summed E-state index contributed by atoms with van der Waals surface area (Å²) in [6, 6.07) is 0. The van der Waals surface area contributed by atoms with Gasteiger partial charge in [-0.2, -0.15) is 0 Å². The van der Waals surface area contributed by atoms with Gasteiger partial charge >= 0.3 is 0 Å². The summed E-state index contributed by atoms with van der Waals surface area (Å²) in [6.07, 6.45) is -55.7. The summed E-state index contributed by atoms with van der Waals surface area (Å²) < 4.78 is 89.3. The van der Waals surface area contributed by atoms with Crippen LogP contribution in [-0.2, 0) is 71.1 Å². The Hall–Kier alpha value is -1.32. The maximum absolute atomic E-state index is 12.0. The third-order valence-corrected chi connectivity index (χ3v) is 14.4. The van der Waals surface area contributed by atoms with Crippen molar-refractivity contribution in [3.8, 4) is 0 Å². The molecule has 0 saturated carbocycles. The van der Waals surface area contributed by atoms with Crippen LogP contribution in [-0.4, -0.2) is 355 Å². The van der Waals surface area contributed by atoms with E-state index >= 15 is 0 Å². The van der Waals surface area contributed by atoms with Crippen molar-refractivity contribution >= 4 is 0 Å². The lowest BCUT2D eigenvalue weighted by Gasteiger charge is -2.51. The zero-order valence-electron chi connectivity index (χ0n) is 42.1. The van der Waals surface area contributed by atoms with Crippen LogP contribution in [0.25, 0.3) is 0 Å². The minimum Gasteiger partial charge on any atom is -0.396 e. The molecule has 12 bridgehead atoms. The highest BCUT2D eigenvalue weighted by atomic mass is 16.8. The fraction of sp³-hybridized carbons (Fsp3) is 1.00. The van der Waals surface area contributed by atoms with Gasteiger partial charge < -0.3 is 163 Å². The first-order valence-electron chi connectivity index (χ1n) is 25.8. The number of rotatable bonds is 18. The van der Waals surface area contributed by atoms with Crippen molar-refractivity contribution in [1.82, 2.24) is 0 Å². The lowest BCUT2D eigenvalue weighted by atomic mass is 9.94. The molecule has 0 aromatic rings. The van der Waals surface area contributed by atoms with Crippen LogP contribution in [0, 0.1) is 0 Å². The van der Waals surface area contributed by atoms with E-state index in [-0.39, 0.29) is 39.1 Å². The first-order valence-corrected chi connectivity index (χ1v) is 25.8. The second kappa shape index (κ2) is 30.0. The summed E-state index contributed by atoms with van der Waals surface area (Å²) in [5.41, 5.74) is 0. The van der Waals surface area contributed by atoms with Crippen molar-refractivity contribution in [3.63, 3.8) is 0 Å². The quantitative estimate of drug-likeness (QED) is 0.0567. The van der Waals surface area contributed by atoms with Gasteiger partial charge in [0, 0.05) is 39.6 Å². The van der Waals surface area contributed by atoms with Gasteiger partial charge in [-0.1, -0.05) is 0 Å². The van der Waals surface area contributed by atoms with E-state index in [1.165, 1.54) is 0 Å². The molecule has 78 heavy (non-hydrogen) atoms. The standard InChI is InChI=1S/C45H78O33/c46-4-1-7-64-37-28(61)43-70-20(14-53)35(37)77-45-30(63)39(66-9-3-6-48)36(21(15-54)72-45)78-44-29(62)38(65-8-2-5-47)34(19(13-52)71-44)76-42-27(60)24(57)32(17(11-50)69-42)74-40-25(58)22(55)31(16(10-49)67-40)73-41-26(59)23(56)33(75-43)18(12-51)68-41/h16-63H,1-15H2/t16-,17-,18-,19-,20-,21-,22-,23-,24-,25-,26-,27-,28-,29-,30-,31-,32-,33-,34+,35+,36+,37-,38-,39-,40-,41-,42-,43-,44-,45-/m1/s1. The molecule has 0 radical (unpaired) electrons. The van der Waals surface area contributed by atoms with Gasteiger partial charge in [0.05, 0.1) is 39.6 Å². The number of hydrogen-bond donors (Lipinski definition) is 18. The summed E-state index contributed by atoms with van der Waals surface area (Å²) >= 11 is 0. The van der Waals surface area contributed by atoms with Gasteiger partial charge in [-0.3, -0.25) is 0 Å². The molecule has 0 aliphatic carbocycles. The molecule has 18 N–H and O–H groups in total. The molecule has 0 spiro atoms. The Morgan fingerprint density at radius 2 is 0.423 bits per heavy atom. The van der Waals surface area contributed by atoms with E-state index in [0.717, 1.165) is 0 Å². The van der Waals surface area contributed by atoms with Crippen LogP contribution in [0.4, 0.5) is 0 Å². The summed E-state index contributed by atoms with van der Waals surface area (Å²) in [7, 11) is 0. The van der Waals surface area contributed by atoms with Gasteiger partial charge in [-0.15, -0.1) is 0 Å². The minimum atomic E-state index is -2.16. The van der Waals surface area contributed by atoms with Crippen molar-refractivity contribution in [1.29, 1.82) is 0 Å². The molecule has 33 nitrogen and oxygen atoms in total. The molecule has 22 fully saturated rings. The van der Waals surface area contributed by atoms with Crippen molar-refractivity contribution in [2.45, 2.75) is 203 Å². The Balaban J connectivity index is 1.27. The zero-order chi connectivity index (χ0) is 56.5. The van der Waals surface area contributed by atoms with Crippen molar-refractivity contribution in [3.05, 3.63) is 0 Å². The molecule has 456 valence electrons. The summed E-state index contributed by atoms with van der Waals surface area (Å²) in [6.45, 7) is -7.87. The van der Waals surface area contributed by atoms with E-state index in [1.54, 1.807) is 0 Å². The molecule has 22 saturated heterocycles. The van der Waals surface area contributed by atoms with Crippen LogP contribution in [0.1, 0.15) is 19.3 Å². The van der Waals surface area contributed by atoms with Gasteiger partial charge in [-0.25, -0.2) is 0 Å². The lowest BCUT2D eigenvalue weighted by molar-refractivity contribution is -0.406. The predicted molar refractivity (Wildman–Crippen MR) is 242 cm³/mol. The Morgan fingerprint density at radius 3 is 0.628 bits per heavy atom. The van der Waals surface area contributed by atoms with Crippen molar-refractivity contribution in [2.24, 2.45) is 0 Å². The molecule has 22 aliphatic heterocycles. The number of aliphatic hydroxyl groups is 18. The van der Waals surface area contributed by atoms with Crippen molar-refractivity contribution < 1.29 is 163 Å². The lowest BCUT2D eigenvalue weighted by Crippen LogP contribution is -2.69. The number of hydrogen-bond acceptors (Lipinski definition) is 33. The summed E-state index contributed by atoms with van der Waals surface area (Å²) in [5, 5.41) is 197. The molecule has 22 aliphatic rings. The fourth-order valence-electron chi connectivity index (χ4n) is 10.3. The molecular formula is C45H78O33. The van der Waals surface area contributed by atoms with Crippen LogP contribution in [0.2, 0.25) is 0 Å².